The lowest BCUT2D eigenvalue weighted by Gasteiger charge is -2.40. The quantitative estimate of drug-likeness (QED) is 0.840. The van der Waals surface area contributed by atoms with Crippen molar-refractivity contribution >= 4 is 17.5 Å². The van der Waals surface area contributed by atoms with Crippen LogP contribution < -0.4 is 14.4 Å². The number of carbonyl (C=O) groups excluding carboxylic acids is 2. The van der Waals surface area contributed by atoms with E-state index < -0.39 is 6.04 Å². The number of methoxy groups -OCH3 is 2. The van der Waals surface area contributed by atoms with Gasteiger partial charge >= 0.3 is 0 Å². The van der Waals surface area contributed by atoms with Crippen LogP contribution in [0.3, 0.4) is 0 Å². The minimum atomic E-state index is -0.450. The summed E-state index contributed by atoms with van der Waals surface area (Å²) in [7, 11) is 3.17. The average Bonchev–Trinajstić information content (AvgIpc) is 3.17. The number of benzene rings is 1. The molecule has 1 atom stereocenters. The van der Waals surface area contributed by atoms with Crippen LogP contribution in [0.2, 0.25) is 0 Å². The zero-order valence-electron chi connectivity index (χ0n) is 15.2. The first-order chi connectivity index (χ1) is 12.1. The third-order valence-electron chi connectivity index (χ3n) is 5.32. The molecule has 25 heavy (non-hydrogen) atoms. The fourth-order valence-electron chi connectivity index (χ4n) is 3.83. The highest BCUT2D eigenvalue weighted by Crippen LogP contribution is 2.35. The molecule has 6 heteroatoms. The summed E-state index contributed by atoms with van der Waals surface area (Å²) in [6.07, 6.45) is 4.13. The molecule has 0 aromatic heterocycles. The lowest BCUT2D eigenvalue weighted by atomic mass is 10.0. The van der Waals surface area contributed by atoms with E-state index in [2.05, 4.69) is 0 Å². The molecule has 136 valence electrons. The van der Waals surface area contributed by atoms with Crippen LogP contribution in [0, 0.1) is 5.92 Å². The third kappa shape index (κ3) is 3.30. The number of hydrogen-bond donors (Lipinski definition) is 0. The van der Waals surface area contributed by atoms with Crippen molar-refractivity contribution in [3.8, 4) is 11.5 Å². The van der Waals surface area contributed by atoms with E-state index in [1.54, 1.807) is 30.1 Å². The Morgan fingerprint density at radius 1 is 1.12 bits per heavy atom. The van der Waals surface area contributed by atoms with Gasteiger partial charge in [-0.05, 0) is 31.9 Å². The van der Waals surface area contributed by atoms with Gasteiger partial charge in [-0.2, -0.15) is 0 Å². The second-order valence-electron chi connectivity index (χ2n) is 6.72. The molecule has 1 aliphatic carbocycles. The summed E-state index contributed by atoms with van der Waals surface area (Å²) >= 11 is 0. The molecule has 1 heterocycles. The largest absolute Gasteiger partial charge is 0.497 e. The summed E-state index contributed by atoms with van der Waals surface area (Å²) in [5.41, 5.74) is 0.716. The van der Waals surface area contributed by atoms with Crippen molar-refractivity contribution in [2.45, 2.75) is 38.6 Å². The summed E-state index contributed by atoms with van der Waals surface area (Å²) in [6, 6.07) is 4.96. The summed E-state index contributed by atoms with van der Waals surface area (Å²) in [4.78, 5) is 29.1. The molecule has 0 bridgehead atoms. The van der Waals surface area contributed by atoms with E-state index in [0.717, 1.165) is 25.7 Å². The van der Waals surface area contributed by atoms with Crippen LogP contribution in [-0.4, -0.2) is 50.1 Å². The zero-order valence-corrected chi connectivity index (χ0v) is 15.2. The average molecular weight is 346 g/mol. The Bertz CT molecular complexity index is 655. The van der Waals surface area contributed by atoms with Crippen LogP contribution in [0.4, 0.5) is 5.69 Å². The van der Waals surface area contributed by atoms with Gasteiger partial charge in [-0.15, -0.1) is 0 Å². The Labute approximate surface area is 148 Å². The molecule has 0 spiro atoms. The van der Waals surface area contributed by atoms with Crippen molar-refractivity contribution in [1.29, 1.82) is 0 Å². The standard InChI is InChI=1S/C19H26N2O4/c1-13-18(22)21(16-9-8-15(24-2)12-17(16)25-3)11-10-20(13)19(23)14-6-4-5-7-14/h8-9,12-14H,4-7,10-11H2,1-3H3. The molecule has 6 nitrogen and oxygen atoms in total. The van der Waals surface area contributed by atoms with Crippen molar-refractivity contribution in [3.63, 3.8) is 0 Å². The van der Waals surface area contributed by atoms with Gasteiger partial charge in [0.05, 0.1) is 19.9 Å². The van der Waals surface area contributed by atoms with Crippen LogP contribution in [0.1, 0.15) is 32.6 Å². The van der Waals surface area contributed by atoms with Gasteiger partial charge in [0.15, 0.2) is 0 Å². The Kier molecular flexibility index (Phi) is 5.16. The van der Waals surface area contributed by atoms with Gasteiger partial charge < -0.3 is 19.3 Å². The first-order valence-electron chi connectivity index (χ1n) is 8.90. The SMILES string of the molecule is COc1ccc(N2CCN(C(=O)C3CCCC3)C(C)C2=O)c(OC)c1. The molecular weight excluding hydrogens is 320 g/mol. The molecule has 1 saturated heterocycles. The molecule has 1 aliphatic heterocycles. The Hall–Kier alpha value is -2.24. The summed E-state index contributed by atoms with van der Waals surface area (Å²) in [5, 5.41) is 0. The van der Waals surface area contributed by atoms with E-state index in [1.807, 2.05) is 19.1 Å². The molecular formula is C19H26N2O4. The molecule has 2 amide bonds. The predicted molar refractivity (Wildman–Crippen MR) is 95.0 cm³/mol. The minimum Gasteiger partial charge on any atom is -0.497 e. The molecule has 1 unspecified atom stereocenters. The van der Waals surface area contributed by atoms with Gasteiger partial charge in [0, 0.05) is 25.1 Å². The van der Waals surface area contributed by atoms with Crippen LogP contribution in [0.15, 0.2) is 18.2 Å². The Morgan fingerprint density at radius 3 is 2.48 bits per heavy atom. The fraction of sp³-hybridized carbons (Fsp3) is 0.579. The van der Waals surface area contributed by atoms with Gasteiger partial charge in [0.25, 0.3) is 0 Å². The summed E-state index contributed by atoms with van der Waals surface area (Å²) < 4.78 is 10.6. The molecule has 0 radical (unpaired) electrons. The molecule has 3 rings (SSSR count). The molecule has 0 N–H and O–H groups in total. The van der Waals surface area contributed by atoms with Gasteiger partial charge in [0.1, 0.15) is 17.5 Å². The highest BCUT2D eigenvalue weighted by molar-refractivity contribution is 6.01. The smallest absolute Gasteiger partial charge is 0.249 e. The van der Waals surface area contributed by atoms with E-state index >= 15 is 0 Å². The number of amides is 2. The topological polar surface area (TPSA) is 59.1 Å². The Balaban J connectivity index is 1.78. The van der Waals surface area contributed by atoms with Crippen molar-refractivity contribution in [2.24, 2.45) is 5.92 Å². The van der Waals surface area contributed by atoms with Gasteiger partial charge in [0.2, 0.25) is 11.8 Å². The van der Waals surface area contributed by atoms with E-state index in [1.165, 1.54) is 0 Å². The minimum absolute atomic E-state index is 0.0685. The maximum absolute atomic E-state index is 12.9. The van der Waals surface area contributed by atoms with Crippen molar-refractivity contribution in [1.82, 2.24) is 4.90 Å². The number of rotatable bonds is 4. The van der Waals surface area contributed by atoms with E-state index in [0.29, 0.717) is 30.3 Å². The number of carbonyl (C=O) groups is 2. The van der Waals surface area contributed by atoms with Crippen LogP contribution >= 0.6 is 0 Å². The monoisotopic (exact) mass is 346 g/mol. The molecule has 2 aliphatic rings. The highest BCUT2D eigenvalue weighted by Gasteiger charge is 2.38. The van der Waals surface area contributed by atoms with E-state index in [-0.39, 0.29) is 17.7 Å². The van der Waals surface area contributed by atoms with Crippen molar-refractivity contribution < 1.29 is 19.1 Å². The summed E-state index contributed by atoms with van der Waals surface area (Å²) in [6.45, 7) is 2.85. The second-order valence-corrected chi connectivity index (χ2v) is 6.72. The molecule has 1 aromatic rings. The number of hydrogen-bond acceptors (Lipinski definition) is 4. The summed E-state index contributed by atoms with van der Waals surface area (Å²) in [5.74, 6) is 1.43. The molecule has 2 fully saturated rings. The lowest BCUT2D eigenvalue weighted by Crippen LogP contribution is -2.58. The lowest BCUT2D eigenvalue weighted by molar-refractivity contribution is -0.143. The van der Waals surface area contributed by atoms with Crippen molar-refractivity contribution in [2.75, 3.05) is 32.2 Å². The van der Waals surface area contributed by atoms with Crippen LogP contribution in [0.5, 0.6) is 11.5 Å². The second kappa shape index (κ2) is 7.33. The van der Waals surface area contributed by atoms with Crippen molar-refractivity contribution in [3.05, 3.63) is 18.2 Å². The first-order valence-corrected chi connectivity index (χ1v) is 8.90. The maximum atomic E-state index is 12.9. The number of anilines is 1. The number of piperazine rings is 1. The third-order valence-corrected chi connectivity index (χ3v) is 5.32. The normalized spacial score (nSPS) is 21.6. The number of ether oxygens (including phenoxy) is 2. The molecule has 1 aromatic carbocycles. The van der Waals surface area contributed by atoms with Gasteiger partial charge in [-0.25, -0.2) is 0 Å². The maximum Gasteiger partial charge on any atom is 0.249 e. The Morgan fingerprint density at radius 2 is 1.84 bits per heavy atom. The van der Waals surface area contributed by atoms with Crippen LogP contribution in [-0.2, 0) is 9.59 Å². The van der Waals surface area contributed by atoms with Crippen LogP contribution in [0.25, 0.3) is 0 Å². The first kappa shape index (κ1) is 17.6. The van der Waals surface area contributed by atoms with E-state index in [9.17, 15) is 9.59 Å². The highest BCUT2D eigenvalue weighted by atomic mass is 16.5. The zero-order chi connectivity index (χ0) is 18.0. The van der Waals surface area contributed by atoms with Gasteiger partial charge in [-0.3, -0.25) is 9.59 Å². The number of nitrogens with zero attached hydrogens (tertiary/aromatic N) is 2. The predicted octanol–water partition coefficient (Wildman–Crippen LogP) is 2.46. The fourth-order valence-corrected chi connectivity index (χ4v) is 3.83. The van der Waals surface area contributed by atoms with Gasteiger partial charge in [-0.1, -0.05) is 12.8 Å². The molecule has 1 saturated carbocycles. The van der Waals surface area contributed by atoms with E-state index in [4.69, 9.17) is 9.47 Å².